The molecule has 1 amide bonds. The number of amides is 1. The third-order valence-corrected chi connectivity index (χ3v) is 6.31. The Labute approximate surface area is 165 Å². The molecule has 0 fully saturated rings. The van der Waals surface area contributed by atoms with E-state index in [9.17, 15) is 9.18 Å². The Bertz CT molecular complexity index is 1160. The second kappa shape index (κ2) is 7.43. The van der Waals surface area contributed by atoms with E-state index < -0.39 is 5.82 Å². The van der Waals surface area contributed by atoms with Gasteiger partial charge in [0.05, 0.1) is 38.5 Å². The average Bonchev–Trinajstić information content (AvgIpc) is 3.28. The molecule has 3 N–H and O–H groups in total. The predicted molar refractivity (Wildman–Crippen MR) is 107 cm³/mol. The number of hydrogen-bond acceptors (Lipinski definition) is 6. The summed E-state index contributed by atoms with van der Waals surface area (Å²) >= 11 is 8.89. The summed E-state index contributed by atoms with van der Waals surface area (Å²) in [6.45, 7) is -0.0711. The second-order valence-electron chi connectivity index (χ2n) is 5.53. The minimum absolute atomic E-state index is 0.000514. The number of anilines is 1. The van der Waals surface area contributed by atoms with Crippen LogP contribution in [0, 0.1) is 5.82 Å². The van der Waals surface area contributed by atoms with Crippen molar-refractivity contribution in [2.75, 3.05) is 17.7 Å². The first-order valence-electron chi connectivity index (χ1n) is 7.83. The normalized spacial score (nSPS) is 11.4. The molecule has 0 bridgehead atoms. The van der Waals surface area contributed by atoms with Gasteiger partial charge >= 0.3 is 0 Å². The molecule has 10 heteroatoms. The van der Waals surface area contributed by atoms with Gasteiger partial charge < -0.3 is 10.4 Å². The highest BCUT2D eigenvalue weighted by atomic mass is 35.5. The number of fused-ring (bicyclic) bond motifs is 2. The van der Waals surface area contributed by atoms with Crippen LogP contribution in [0.3, 0.4) is 0 Å². The molecule has 0 atom stereocenters. The predicted octanol–water partition coefficient (Wildman–Crippen LogP) is 4.28. The summed E-state index contributed by atoms with van der Waals surface area (Å²) < 4.78 is 15.8. The van der Waals surface area contributed by atoms with E-state index in [0.717, 1.165) is 15.8 Å². The lowest BCUT2D eigenvalue weighted by atomic mass is 10.0. The summed E-state index contributed by atoms with van der Waals surface area (Å²) in [4.78, 5) is 15.2. The highest BCUT2D eigenvalue weighted by Gasteiger charge is 2.21. The molecule has 0 aliphatic carbocycles. The van der Waals surface area contributed by atoms with Gasteiger partial charge in [-0.1, -0.05) is 29.0 Å². The number of H-pyrrole nitrogens is 1. The first kappa shape index (κ1) is 18.2. The number of nitrogens with zero attached hydrogens (tertiary/aromatic N) is 2. The van der Waals surface area contributed by atoms with E-state index in [1.807, 2.05) is 6.07 Å². The van der Waals surface area contributed by atoms with Gasteiger partial charge in [-0.05, 0) is 17.7 Å². The molecule has 0 aliphatic heterocycles. The quantitative estimate of drug-likeness (QED) is 0.318. The van der Waals surface area contributed by atoms with Crippen molar-refractivity contribution in [1.82, 2.24) is 15.2 Å². The molecule has 4 rings (SSSR count). The fourth-order valence-corrected chi connectivity index (χ4v) is 4.89. The number of benzene rings is 2. The van der Waals surface area contributed by atoms with E-state index in [-0.39, 0.29) is 11.6 Å². The summed E-state index contributed by atoms with van der Waals surface area (Å²) in [5, 5.41) is 19.6. The smallest absolute Gasteiger partial charge is 0.213 e. The molecule has 27 heavy (non-hydrogen) atoms. The van der Waals surface area contributed by atoms with E-state index in [2.05, 4.69) is 20.5 Å². The van der Waals surface area contributed by atoms with Crippen molar-refractivity contribution < 1.29 is 14.3 Å². The number of hydrogen-bond donors (Lipinski definition) is 3. The third kappa shape index (κ3) is 3.16. The number of nitrogens with one attached hydrogen (secondary N) is 2. The zero-order valence-corrected chi connectivity index (χ0v) is 16.0. The Morgan fingerprint density at radius 3 is 3.07 bits per heavy atom. The Morgan fingerprint density at radius 2 is 2.30 bits per heavy atom. The van der Waals surface area contributed by atoms with Gasteiger partial charge in [0.15, 0.2) is 10.9 Å². The zero-order valence-electron chi connectivity index (χ0n) is 13.6. The van der Waals surface area contributed by atoms with Crippen molar-refractivity contribution in [3.8, 4) is 11.1 Å². The van der Waals surface area contributed by atoms with Crippen LogP contribution in [0.1, 0.15) is 0 Å². The molecule has 0 radical (unpaired) electrons. The lowest BCUT2D eigenvalue weighted by molar-refractivity contribution is -0.105. The van der Waals surface area contributed by atoms with Crippen LogP contribution < -0.4 is 5.32 Å². The summed E-state index contributed by atoms with van der Waals surface area (Å²) in [6, 6.07) is 5.46. The van der Waals surface area contributed by atoms with Gasteiger partial charge in [0, 0.05) is 16.7 Å². The number of thioether (sulfide) groups is 1. The Hall–Kier alpha value is -2.20. The van der Waals surface area contributed by atoms with E-state index >= 15 is 0 Å². The van der Waals surface area contributed by atoms with E-state index in [1.165, 1.54) is 23.1 Å². The number of thiazole rings is 1. The number of aromatic nitrogens is 3. The van der Waals surface area contributed by atoms with Crippen LogP contribution in [0.15, 0.2) is 29.3 Å². The third-order valence-electron chi connectivity index (χ3n) is 3.94. The lowest BCUT2D eigenvalue weighted by Crippen LogP contribution is -1.94. The minimum atomic E-state index is -0.547. The Balaban J connectivity index is 1.91. The van der Waals surface area contributed by atoms with Crippen LogP contribution >= 0.6 is 34.7 Å². The van der Waals surface area contributed by atoms with Crippen LogP contribution in [0.5, 0.6) is 0 Å². The first-order chi connectivity index (χ1) is 13.1. The monoisotopic (exact) mass is 422 g/mol. The molecule has 4 aromatic rings. The Kier molecular flexibility index (Phi) is 5.00. The number of halogens is 2. The maximum Gasteiger partial charge on any atom is 0.213 e. The molecule has 0 aliphatic rings. The largest absolute Gasteiger partial charge is 0.396 e. The van der Waals surface area contributed by atoms with E-state index in [0.29, 0.717) is 38.7 Å². The zero-order chi connectivity index (χ0) is 19.0. The lowest BCUT2D eigenvalue weighted by Gasteiger charge is -2.12. The number of aliphatic hydroxyl groups is 1. The fourth-order valence-electron chi connectivity index (χ4n) is 2.84. The Morgan fingerprint density at radius 1 is 1.44 bits per heavy atom. The number of aromatic amines is 1. The SMILES string of the molecule is O=CNc1nc2ccc(-c3c(Cl)c(F)c(SCCO)c4[nH]ncc34)cc2s1. The van der Waals surface area contributed by atoms with E-state index in [4.69, 9.17) is 16.7 Å². The standard InChI is InChI=1S/C17H12ClFN4O2S2/c18-13-12(8-1-2-10-11(5-8)27-17(22-10)20-7-25)9-6-21-23-15(9)16(14(13)19)26-4-3-24/h1-2,5-7,24H,3-4H2,(H,21,23)(H,20,22,25). The highest BCUT2D eigenvalue weighted by Crippen LogP contribution is 2.43. The number of carbonyl (C=O) groups is 1. The van der Waals surface area contributed by atoms with Gasteiger partial charge in [0.25, 0.3) is 0 Å². The van der Waals surface area contributed by atoms with Gasteiger partial charge in [-0.2, -0.15) is 5.10 Å². The second-order valence-corrected chi connectivity index (χ2v) is 8.04. The molecule has 0 unspecified atom stereocenters. The van der Waals surface area contributed by atoms with E-state index in [1.54, 1.807) is 18.3 Å². The van der Waals surface area contributed by atoms with Crippen molar-refractivity contribution in [2.45, 2.75) is 4.90 Å². The van der Waals surface area contributed by atoms with Crippen molar-refractivity contribution in [1.29, 1.82) is 0 Å². The van der Waals surface area contributed by atoms with Gasteiger partial charge in [0.1, 0.15) is 0 Å². The molecule has 0 spiro atoms. The number of rotatable bonds is 6. The fraction of sp³-hybridized carbons (Fsp3) is 0.118. The molecule has 138 valence electrons. The van der Waals surface area contributed by atoms with Gasteiger partial charge in [0.2, 0.25) is 6.41 Å². The highest BCUT2D eigenvalue weighted by molar-refractivity contribution is 7.99. The molecule has 6 nitrogen and oxygen atoms in total. The van der Waals surface area contributed by atoms with Crippen molar-refractivity contribution >= 4 is 67.4 Å². The van der Waals surface area contributed by atoms with Crippen LogP contribution in [-0.2, 0) is 4.79 Å². The van der Waals surface area contributed by atoms with Gasteiger partial charge in [-0.25, -0.2) is 9.37 Å². The molecular formula is C17H12ClFN4O2S2. The van der Waals surface area contributed by atoms with Crippen LogP contribution in [0.4, 0.5) is 9.52 Å². The summed E-state index contributed by atoms with van der Waals surface area (Å²) in [6.07, 6.45) is 2.18. The maximum atomic E-state index is 15.0. The van der Waals surface area contributed by atoms with Crippen molar-refractivity contribution in [3.05, 3.63) is 35.2 Å². The first-order valence-corrected chi connectivity index (χ1v) is 10.0. The van der Waals surface area contributed by atoms with Crippen LogP contribution in [-0.4, -0.2) is 39.1 Å². The van der Waals surface area contributed by atoms with Gasteiger partial charge in [-0.15, -0.1) is 11.8 Å². The maximum absolute atomic E-state index is 15.0. The van der Waals surface area contributed by atoms with Gasteiger partial charge in [-0.3, -0.25) is 9.89 Å². The molecule has 2 aromatic heterocycles. The summed E-state index contributed by atoms with van der Waals surface area (Å²) in [7, 11) is 0. The molecule has 2 aromatic carbocycles. The van der Waals surface area contributed by atoms with Crippen molar-refractivity contribution in [2.24, 2.45) is 0 Å². The van der Waals surface area contributed by atoms with Crippen LogP contribution in [0.2, 0.25) is 5.02 Å². The van der Waals surface area contributed by atoms with Crippen LogP contribution in [0.25, 0.3) is 32.2 Å². The topological polar surface area (TPSA) is 90.9 Å². The number of carbonyl (C=O) groups excluding carboxylic acids is 1. The molecule has 0 saturated carbocycles. The minimum Gasteiger partial charge on any atom is -0.396 e. The molecule has 0 saturated heterocycles. The van der Waals surface area contributed by atoms with Crippen molar-refractivity contribution in [3.63, 3.8) is 0 Å². The average molecular weight is 423 g/mol. The number of aliphatic hydroxyl groups excluding tert-OH is 1. The summed E-state index contributed by atoms with van der Waals surface area (Å²) in [5.74, 6) is -0.199. The molecule has 2 heterocycles. The molecular weight excluding hydrogens is 411 g/mol. The summed E-state index contributed by atoms with van der Waals surface area (Å²) in [5.41, 5.74) is 2.52.